The zero-order chi connectivity index (χ0) is 10.3. The van der Waals surface area contributed by atoms with E-state index in [0.29, 0.717) is 5.82 Å². The van der Waals surface area contributed by atoms with E-state index >= 15 is 0 Å². The van der Waals surface area contributed by atoms with Gasteiger partial charge in [-0.25, -0.2) is 4.98 Å². The number of nitrogens with two attached hydrogens (primary N) is 1. The molecule has 1 rings (SSSR count). The first-order chi connectivity index (χ1) is 6.24. The molecule has 0 aliphatic rings. The Hall–Kier alpha value is -1.31. The van der Waals surface area contributed by atoms with Crippen molar-refractivity contribution in [1.29, 1.82) is 0 Å². The van der Waals surface area contributed by atoms with Crippen LogP contribution in [0.5, 0.6) is 0 Å². The average molecular weight is 178 g/mol. The van der Waals surface area contributed by atoms with Gasteiger partial charge in [0, 0.05) is 0 Å². The Kier molecular flexibility index (Phi) is 5.60. The molecule has 0 spiro atoms. The van der Waals surface area contributed by atoms with Crippen LogP contribution in [0.25, 0.3) is 6.08 Å². The Morgan fingerprint density at radius 2 is 1.92 bits per heavy atom. The number of rotatable bonds is 1. The van der Waals surface area contributed by atoms with Gasteiger partial charge in [0.2, 0.25) is 0 Å². The van der Waals surface area contributed by atoms with Crippen molar-refractivity contribution in [2.45, 2.75) is 27.7 Å². The van der Waals surface area contributed by atoms with Crippen LogP contribution in [0.15, 0.2) is 18.2 Å². The van der Waals surface area contributed by atoms with Crippen LogP contribution in [-0.4, -0.2) is 4.98 Å². The van der Waals surface area contributed by atoms with Gasteiger partial charge in [0.15, 0.2) is 0 Å². The van der Waals surface area contributed by atoms with E-state index in [1.54, 1.807) is 0 Å². The van der Waals surface area contributed by atoms with Gasteiger partial charge >= 0.3 is 0 Å². The van der Waals surface area contributed by atoms with Gasteiger partial charge in [-0.15, -0.1) is 0 Å². The van der Waals surface area contributed by atoms with E-state index in [-0.39, 0.29) is 0 Å². The fourth-order valence-electron chi connectivity index (χ4n) is 0.887. The summed E-state index contributed by atoms with van der Waals surface area (Å²) in [5.41, 5.74) is 7.61. The molecule has 0 unspecified atom stereocenters. The Morgan fingerprint density at radius 3 is 2.46 bits per heavy atom. The number of hydrogen-bond acceptors (Lipinski definition) is 2. The summed E-state index contributed by atoms with van der Waals surface area (Å²) in [4.78, 5) is 4.15. The minimum absolute atomic E-state index is 0.573. The van der Waals surface area contributed by atoms with Crippen molar-refractivity contribution in [1.82, 2.24) is 4.98 Å². The third-order valence-electron chi connectivity index (χ3n) is 1.48. The monoisotopic (exact) mass is 178 g/mol. The van der Waals surface area contributed by atoms with Gasteiger partial charge in [-0.2, -0.15) is 0 Å². The van der Waals surface area contributed by atoms with Crippen molar-refractivity contribution >= 4 is 11.9 Å². The van der Waals surface area contributed by atoms with Gasteiger partial charge < -0.3 is 5.73 Å². The summed E-state index contributed by atoms with van der Waals surface area (Å²) in [5, 5.41) is 0. The van der Waals surface area contributed by atoms with Gasteiger partial charge in [0.05, 0.1) is 5.69 Å². The minimum atomic E-state index is 0.573. The van der Waals surface area contributed by atoms with Crippen LogP contribution in [0.1, 0.15) is 32.0 Å². The molecular weight excluding hydrogens is 160 g/mol. The van der Waals surface area contributed by atoms with Crippen LogP contribution in [0.2, 0.25) is 0 Å². The molecule has 0 atom stereocenters. The lowest BCUT2D eigenvalue weighted by Gasteiger charge is -1.99. The number of aryl methyl sites for hydroxylation is 1. The first kappa shape index (κ1) is 11.7. The Bertz CT molecular complexity index is 277. The van der Waals surface area contributed by atoms with Crippen molar-refractivity contribution in [2.24, 2.45) is 0 Å². The second-order valence-corrected chi connectivity index (χ2v) is 2.44. The second kappa shape index (κ2) is 6.23. The molecule has 0 radical (unpaired) electrons. The van der Waals surface area contributed by atoms with Crippen LogP contribution in [0.4, 0.5) is 5.82 Å². The third-order valence-corrected chi connectivity index (χ3v) is 1.48. The third kappa shape index (κ3) is 3.74. The summed E-state index contributed by atoms with van der Waals surface area (Å²) in [5.74, 6) is 0.573. The Labute approximate surface area is 80.5 Å². The normalized spacial score (nSPS) is 9.54. The number of aromatic nitrogens is 1. The molecule has 13 heavy (non-hydrogen) atoms. The molecule has 2 nitrogen and oxygen atoms in total. The van der Waals surface area contributed by atoms with Crippen molar-refractivity contribution in [2.75, 3.05) is 5.73 Å². The number of pyridine rings is 1. The van der Waals surface area contributed by atoms with Gasteiger partial charge in [0.1, 0.15) is 5.82 Å². The van der Waals surface area contributed by atoms with E-state index in [9.17, 15) is 0 Å². The lowest BCUT2D eigenvalue weighted by atomic mass is 10.2. The highest BCUT2D eigenvalue weighted by Crippen LogP contribution is 2.08. The standard InChI is InChI=1S/C9H12N2.C2H6/c1-3-4-8-7(2)5-6-9(10)11-8;1-2/h3-6H,1-2H3,(H2,10,11);1-2H3/b4-3-;. The van der Waals surface area contributed by atoms with E-state index in [1.807, 2.05) is 52.0 Å². The number of nitrogens with zero attached hydrogens (tertiary/aromatic N) is 1. The van der Waals surface area contributed by atoms with Crippen LogP contribution in [0, 0.1) is 6.92 Å². The molecule has 1 aromatic heterocycles. The molecule has 0 fully saturated rings. The zero-order valence-electron chi connectivity index (χ0n) is 8.83. The van der Waals surface area contributed by atoms with Crippen molar-refractivity contribution in [3.05, 3.63) is 29.5 Å². The van der Waals surface area contributed by atoms with Gasteiger partial charge in [-0.3, -0.25) is 0 Å². The molecule has 0 aromatic carbocycles. The maximum absolute atomic E-state index is 5.51. The lowest BCUT2D eigenvalue weighted by molar-refractivity contribution is 1.24. The van der Waals surface area contributed by atoms with Crippen LogP contribution < -0.4 is 5.73 Å². The van der Waals surface area contributed by atoms with Gasteiger partial charge in [-0.05, 0) is 31.6 Å². The van der Waals surface area contributed by atoms with E-state index in [4.69, 9.17) is 5.73 Å². The Balaban J connectivity index is 0.000000671. The predicted octanol–water partition coefficient (Wildman–Crippen LogP) is 3.03. The van der Waals surface area contributed by atoms with E-state index in [0.717, 1.165) is 11.3 Å². The quantitative estimate of drug-likeness (QED) is 0.718. The molecule has 72 valence electrons. The predicted molar refractivity (Wildman–Crippen MR) is 59.4 cm³/mol. The van der Waals surface area contributed by atoms with E-state index in [2.05, 4.69) is 4.98 Å². The van der Waals surface area contributed by atoms with Gasteiger partial charge in [0.25, 0.3) is 0 Å². The summed E-state index contributed by atoms with van der Waals surface area (Å²) in [7, 11) is 0. The summed E-state index contributed by atoms with van der Waals surface area (Å²) < 4.78 is 0. The molecule has 0 aliphatic heterocycles. The highest BCUT2D eigenvalue weighted by atomic mass is 14.8. The smallest absolute Gasteiger partial charge is 0.124 e. The molecule has 0 saturated carbocycles. The number of hydrogen-bond donors (Lipinski definition) is 1. The molecule has 1 heterocycles. The molecular formula is C11H18N2. The summed E-state index contributed by atoms with van der Waals surface area (Å²) in [6.07, 6.45) is 3.90. The highest BCUT2D eigenvalue weighted by Gasteiger charge is 1.94. The second-order valence-electron chi connectivity index (χ2n) is 2.44. The van der Waals surface area contributed by atoms with Crippen molar-refractivity contribution in [3.63, 3.8) is 0 Å². The molecule has 2 N–H and O–H groups in total. The Morgan fingerprint density at radius 1 is 1.31 bits per heavy atom. The summed E-state index contributed by atoms with van der Waals surface area (Å²) in [6.45, 7) is 7.98. The molecule has 2 heteroatoms. The van der Waals surface area contributed by atoms with Gasteiger partial charge in [-0.1, -0.05) is 26.0 Å². The first-order valence-electron chi connectivity index (χ1n) is 4.60. The number of allylic oxidation sites excluding steroid dienone is 1. The van der Waals surface area contributed by atoms with E-state index < -0.39 is 0 Å². The molecule has 0 aliphatic carbocycles. The molecule has 0 amide bonds. The van der Waals surface area contributed by atoms with E-state index in [1.165, 1.54) is 0 Å². The molecule has 1 aromatic rings. The van der Waals surface area contributed by atoms with Crippen LogP contribution in [0.3, 0.4) is 0 Å². The maximum atomic E-state index is 5.51. The largest absolute Gasteiger partial charge is 0.384 e. The fourth-order valence-corrected chi connectivity index (χ4v) is 0.887. The first-order valence-corrected chi connectivity index (χ1v) is 4.60. The lowest BCUT2D eigenvalue weighted by Crippen LogP contribution is -1.93. The topological polar surface area (TPSA) is 38.9 Å². The molecule has 0 bridgehead atoms. The number of anilines is 1. The summed E-state index contributed by atoms with van der Waals surface area (Å²) in [6, 6.07) is 3.78. The fraction of sp³-hybridized carbons (Fsp3) is 0.364. The SMILES string of the molecule is C/C=C\c1nc(N)ccc1C.CC. The van der Waals surface area contributed by atoms with Crippen molar-refractivity contribution in [3.8, 4) is 0 Å². The molecule has 0 saturated heterocycles. The van der Waals surface area contributed by atoms with Crippen LogP contribution in [-0.2, 0) is 0 Å². The maximum Gasteiger partial charge on any atom is 0.124 e. The zero-order valence-corrected chi connectivity index (χ0v) is 8.83. The van der Waals surface area contributed by atoms with Crippen LogP contribution >= 0.6 is 0 Å². The average Bonchev–Trinajstić information content (AvgIpc) is 2.15. The minimum Gasteiger partial charge on any atom is -0.384 e. The summed E-state index contributed by atoms with van der Waals surface area (Å²) >= 11 is 0. The highest BCUT2D eigenvalue weighted by molar-refractivity contribution is 5.51. The van der Waals surface area contributed by atoms with Crippen molar-refractivity contribution < 1.29 is 0 Å². The number of nitrogen functional groups attached to an aromatic ring is 1.